The summed E-state index contributed by atoms with van der Waals surface area (Å²) in [6.07, 6.45) is 1.99. The van der Waals surface area contributed by atoms with Crippen molar-refractivity contribution in [1.82, 2.24) is 0 Å². The molecule has 0 heterocycles. The smallest absolute Gasteiger partial charge is 0.257 e. The third kappa shape index (κ3) is 6.44. The van der Waals surface area contributed by atoms with Gasteiger partial charge in [0.05, 0.1) is 17.8 Å². The van der Waals surface area contributed by atoms with E-state index in [9.17, 15) is 9.90 Å². The Labute approximate surface area is 232 Å². The molecule has 0 atom stereocenters. The van der Waals surface area contributed by atoms with Crippen LogP contribution >= 0.6 is 21.6 Å². The molecule has 0 fully saturated rings. The minimum Gasteiger partial charge on any atom is -0.512 e. The number of rotatable bonds is 10. The molecule has 0 aromatic heterocycles. The molecule has 0 unspecified atom stereocenters. The summed E-state index contributed by atoms with van der Waals surface area (Å²) in [5.41, 5.74) is 4.72. The van der Waals surface area contributed by atoms with E-state index in [1.165, 1.54) is 5.56 Å². The molecular formula is C32H30N2O2S2. The average Bonchev–Trinajstić information content (AvgIpc) is 3.41. The zero-order chi connectivity index (χ0) is 26.2. The van der Waals surface area contributed by atoms with Gasteiger partial charge in [-0.1, -0.05) is 107 Å². The van der Waals surface area contributed by atoms with Crippen molar-refractivity contribution in [2.45, 2.75) is 42.1 Å². The monoisotopic (exact) mass is 538 g/mol. The van der Waals surface area contributed by atoms with Gasteiger partial charge in [-0.05, 0) is 48.2 Å². The molecule has 4 nitrogen and oxygen atoms in total. The van der Waals surface area contributed by atoms with Crippen LogP contribution in [0.25, 0.3) is 0 Å². The number of aliphatic hydroxyl groups excluding tert-OH is 1. The van der Waals surface area contributed by atoms with E-state index < -0.39 is 0 Å². The highest BCUT2D eigenvalue weighted by Gasteiger charge is 2.28. The first-order chi connectivity index (χ1) is 18.7. The molecule has 1 aliphatic carbocycles. The van der Waals surface area contributed by atoms with E-state index in [0.29, 0.717) is 25.0 Å². The molecule has 1 aliphatic rings. The van der Waals surface area contributed by atoms with Crippen molar-refractivity contribution in [3.8, 4) is 0 Å². The lowest BCUT2D eigenvalue weighted by molar-refractivity contribution is -0.115. The summed E-state index contributed by atoms with van der Waals surface area (Å²) in [6.45, 7) is 1.19. The van der Waals surface area contributed by atoms with Gasteiger partial charge in [0.2, 0.25) is 0 Å². The molecule has 1 amide bonds. The van der Waals surface area contributed by atoms with E-state index in [0.717, 1.165) is 39.7 Å². The number of carbonyl (C=O) groups is 1. The van der Waals surface area contributed by atoms with Crippen LogP contribution in [0.4, 0.5) is 11.4 Å². The normalized spacial score (nSPS) is 12.9. The first-order valence-corrected chi connectivity index (χ1v) is 14.9. The second kappa shape index (κ2) is 12.8. The Bertz CT molecular complexity index is 1410. The van der Waals surface area contributed by atoms with Gasteiger partial charge < -0.3 is 15.3 Å². The number of hydrogen-bond donors (Lipinski definition) is 2. The average molecular weight is 539 g/mol. The Balaban J connectivity index is 1.39. The highest BCUT2D eigenvalue weighted by atomic mass is 33.1. The lowest BCUT2D eigenvalue weighted by Gasteiger charge is -2.26. The van der Waals surface area contributed by atoms with Crippen LogP contribution in [0.1, 0.15) is 30.4 Å². The third-order valence-electron chi connectivity index (χ3n) is 6.47. The molecule has 4 aromatic carbocycles. The van der Waals surface area contributed by atoms with Gasteiger partial charge in [0.25, 0.3) is 5.91 Å². The van der Waals surface area contributed by atoms with Gasteiger partial charge in [-0.25, -0.2) is 0 Å². The van der Waals surface area contributed by atoms with Gasteiger partial charge in [-0.3, -0.25) is 4.79 Å². The van der Waals surface area contributed by atoms with Crippen LogP contribution < -0.4 is 10.2 Å². The molecule has 0 radical (unpaired) electrons. The maximum absolute atomic E-state index is 13.7. The lowest BCUT2D eigenvalue weighted by atomic mass is 10.1. The molecule has 0 bridgehead atoms. The van der Waals surface area contributed by atoms with Crippen molar-refractivity contribution in [2.24, 2.45) is 0 Å². The molecule has 5 rings (SSSR count). The van der Waals surface area contributed by atoms with Crippen molar-refractivity contribution < 1.29 is 9.90 Å². The fraction of sp³-hybridized carbons (Fsp3) is 0.156. The van der Waals surface area contributed by atoms with Crippen LogP contribution in [0.5, 0.6) is 0 Å². The minimum absolute atomic E-state index is 0.119. The van der Waals surface area contributed by atoms with Crippen LogP contribution in [0.3, 0.4) is 0 Å². The number of amides is 1. The summed E-state index contributed by atoms with van der Waals surface area (Å²) in [5, 5.41) is 14.0. The molecule has 38 heavy (non-hydrogen) atoms. The molecule has 0 aliphatic heterocycles. The molecule has 0 spiro atoms. The Hall–Kier alpha value is -3.61. The third-order valence-corrected chi connectivity index (χ3v) is 8.94. The van der Waals surface area contributed by atoms with Crippen molar-refractivity contribution in [2.75, 3.05) is 10.2 Å². The number of hydrogen-bond acceptors (Lipinski definition) is 5. The first kappa shape index (κ1) is 26.0. The van der Waals surface area contributed by atoms with E-state index in [-0.39, 0.29) is 11.7 Å². The zero-order valence-corrected chi connectivity index (χ0v) is 22.7. The molecular weight excluding hydrogens is 508 g/mol. The second-order valence-corrected chi connectivity index (χ2v) is 11.3. The molecule has 6 heteroatoms. The van der Waals surface area contributed by atoms with E-state index in [1.54, 1.807) is 21.6 Å². The largest absolute Gasteiger partial charge is 0.512 e. The summed E-state index contributed by atoms with van der Waals surface area (Å²) in [4.78, 5) is 17.7. The van der Waals surface area contributed by atoms with Crippen molar-refractivity contribution in [1.29, 1.82) is 0 Å². The number of nitrogens with zero attached hydrogens (tertiary/aromatic N) is 1. The number of carbonyl (C=O) groups excluding carboxylic acids is 1. The highest BCUT2D eigenvalue weighted by molar-refractivity contribution is 8.76. The quantitative estimate of drug-likeness (QED) is 0.198. The highest BCUT2D eigenvalue weighted by Crippen LogP contribution is 2.45. The standard InChI is InChI=1S/C32H30N2O2S2/c35-29-19-11-16-26(29)32(36)34(23-25-14-5-2-6-15-25)28-18-8-10-21-31(28)38-37-30-20-9-7-17-27(30)33-22-24-12-3-1-4-13-24/h1-10,12-15,17-18,20-21,33,35H,11,16,19,22-23H2. The summed E-state index contributed by atoms with van der Waals surface area (Å²) in [7, 11) is 3.31. The van der Waals surface area contributed by atoms with Gasteiger partial charge in [0.1, 0.15) is 5.76 Å². The summed E-state index contributed by atoms with van der Waals surface area (Å²) in [5.74, 6) is 0.109. The Morgan fingerprint density at radius 1 is 0.737 bits per heavy atom. The number of para-hydroxylation sites is 2. The van der Waals surface area contributed by atoms with Crippen LogP contribution in [-0.2, 0) is 17.9 Å². The van der Waals surface area contributed by atoms with Crippen LogP contribution in [0.2, 0.25) is 0 Å². The SMILES string of the molecule is O=C(C1=C(O)CCC1)N(Cc1ccccc1)c1ccccc1SSc1ccccc1NCc1ccccc1. The molecule has 192 valence electrons. The number of anilines is 2. The predicted molar refractivity (Wildman–Crippen MR) is 160 cm³/mol. The van der Waals surface area contributed by atoms with E-state index in [2.05, 4.69) is 35.6 Å². The molecule has 0 saturated heterocycles. The van der Waals surface area contributed by atoms with Gasteiger partial charge in [-0.15, -0.1) is 0 Å². The summed E-state index contributed by atoms with van der Waals surface area (Å²) in [6, 6.07) is 36.7. The summed E-state index contributed by atoms with van der Waals surface area (Å²) >= 11 is 0. The van der Waals surface area contributed by atoms with E-state index in [4.69, 9.17) is 0 Å². The van der Waals surface area contributed by atoms with Crippen LogP contribution in [0, 0.1) is 0 Å². The number of nitrogens with one attached hydrogen (secondary N) is 1. The van der Waals surface area contributed by atoms with Gasteiger partial charge >= 0.3 is 0 Å². The van der Waals surface area contributed by atoms with E-state index >= 15 is 0 Å². The van der Waals surface area contributed by atoms with Crippen molar-refractivity contribution in [3.63, 3.8) is 0 Å². The Kier molecular flexibility index (Phi) is 8.74. The van der Waals surface area contributed by atoms with Gasteiger partial charge in [0.15, 0.2) is 0 Å². The van der Waals surface area contributed by atoms with E-state index in [1.807, 2.05) is 83.8 Å². The molecule has 4 aromatic rings. The Morgan fingerprint density at radius 3 is 2.05 bits per heavy atom. The Morgan fingerprint density at radius 2 is 1.34 bits per heavy atom. The topological polar surface area (TPSA) is 52.6 Å². The fourth-order valence-electron chi connectivity index (χ4n) is 4.47. The minimum atomic E-state index is -0.119. The van der Waals surface area contributed by atoms with Gasteiger partial charge in [0, 0.05) is 28.4 Å². The maximum Gasteiger partial charge on any atom is 0.257 e. The number of benzene rings is 4. The first-order valence-electron chi connectivity index (χ1n) is 12.8. The van der Waals surface area contributed by atoms with Crippen molar-refractivity contribution >= 4 is 38.9 Å². The lowest BCUT2D eigenvalue weighted by Crippen LogP contribution is -2.32. The molecule has 0 saturated carbocycles. The number of allylic oxidation sites excluding steroid dienone is 1. The van der Waals surface area contributed by atoms with Gasteiger partial charge in [-0.2, -0.15) is 0 Å². The molecule has 2 N–H and O–H groups in total. The zero-order valence-electron chi connectivity index (χ0n) is 21.0. The van der Waals surface area contributed by atoms with Crippen molar-refractivity contribution in [3.05, 3.63) is 132 Å². The predicted octanol–water partition coefficient (Wildman–Crippen LogP) is 8.63. The maximum atomic E-state index is 13.7. The van der Waals surface area contributed by atoms with Crippen LogP contribution in [0.15, 0.2) is 130 Å². The fourth-order valence-corrected chi connectivity index (χ4v) is 6.81. The summed E-state index contributed by atoms with van der Waals surface area (Å²) < 4.78 is 0. The number of aliphatic hydroxyl groups is 1. The van der Waals surface area contributed by atoms with Crippen LogP contribution in [-0.4, -0.2) is 11.0 Å². The second-order valence-electron chi connectivity index (χ2n) is 9.13.